The van der Waals surface area contributed by atoms with E-state index in [1.54, 1.807) is 35.2 Å². The van der Waals surface area contributed by atoms with Crippen LogP contribution in [0.5, 0.6) is 0 Å². The molecule has 2 amide bonds. The number of carboxylic acid groups (broad SMARTS) is 1. The van der Waals surface area contributed by atoms with Crippen molar-refractivity contribution >= 4 is 62.4 Å². The number of nitrogens with one attached hydrogen (secondary N) is 2. The maximum atomic E-state index is 13.1. The smallest absolute Gasteiger partial charge is 0.326 e. The first kappa shape index (κ1) is 27.9. The lowest BCUT2D eigenvalue weighted by Gasteiger charge is -2.30. The van der Waals surface area contributed by atoms with Crippen molar-refractivity contribution in [2.24, 2.45) is 0 Å². The Morgan fingerprint density at radius 2 is 1.87 bits per heavy atom. The van der Waals surface area contributed by atoms with E-state index in [0.717, 1.165) is 6.26 Å². The Labute approximate surface area is 232 Å². The fraction of sp³-hybridized carbons (Fsp3) is 0.250. The van der Waals surface area contributed by atoms with Gasteiger partial charge in [-0.1, -0.05) is 34.8 Å². The number of amides is 2. The zero-order chi connectivity index (χ0) is 27.8. The highest BCUT2D eigenvalue weighted by atomic mass is 35.5. The first-order valence-corrected chi connectivity index (χ1v) is 14.2. The van der Waals surface area contributed by atoms with Gasteiger partial charge in [0.15, 0.2) is 0 Å². The van der Waals surface area contributed by atoms with Crippen molar-refractivity contribution < 1.29 is 27.9 Å². The van der Waals surface area contributed by atoms with Crippen LogP contribution in [0, 0.1) is 0 Å². The van der Waals surface area contributed by atoms with Crippen molar-refractivity contribution in [3.05, 3.63) is 79.5 Å². The number of benzene rings is 2. The fourth-order valence-electron chi connectivity index (χ4n) is 4.08. The molecule has 1 aromatic heterocycles. The SMILES string of the molecule is CS(=O)(=O)c1nc(C[C@H](NC(=O)c2c(Cl)cc3c(c2Cl)CCN(C(=O)c2ccc(Cl)cc2)C3)C(=O)O)c[nH]1. The molecule has 0 radical (unpaired) electrons. The Bertz CT molecular complexity index is 1540. The van der Waals surface area contributed by atoms with Gasteiger partial charge in [-0.25, -0.2) is 18.2 Å². The number of H-pyrrole nitrogens is 1. The predicted molar refractivity (Wildman–Crippen MR) is 141 cm³/mol. The van der Waals surface area contributed by atoms with E-state index in [0.29, 0.717) is 34.7 Å². The van der Waals surface area contributed by atoms with Gasteiger partial charge in [-0.3, -0.25) is 9.59 Å². The lowest BCUT2D eigenvalue weighted by molar-refractivity contribution is -0.139. The number of carbonyl (C=O) groups is 3. The molecular formula is C24H21Cl3N4O6S. The van der Waals surface area contributed by atoms with Crippen molar-refractivity contribution in [3.8, 4) is 0 Å². The summed E-state index contributed by atoms with van der Waals surface area (Å²) in [7, 11) is -3.62. The number of hydrogen-bond donors (Lipinski definition) is 3. The van der Waals surface area contributed by atoms with Crippen molar-refractivity contribution in [1.29, 1.82) is 0 Å². The molecule has 0 saturated carbocycles. The van der Waals surface area contributed by atoms with Crippen LogP contribution in [0.25, 0.3) is 0 Å². The van der Waals surface area contributed by atoms with Crippen LogP contribution >= 0.6 is 34.8 Å². The van der Waals surface area contributed by atoms with Gasteiger partial charge in [0.2, 0.25) is 15.0 Å². The van der Waals surface area contributed by atoms with Crippen molar-refractivity contribution in [3.63, 3.8) is 0 Å². The molecular weight excluding hydrogens is 579 g/mol. The summed E-state index contributed by atoms with van der Waals surface area (Å²) in [4.78, 5) is 45.8. The molecule has 1 atom stereocenters. The molecule has 0 spiro atoms. The fourth-order valence-corrected chi connectivity index (χ4v) is 5.53. The zero-order valence-corrected chi connectivity index (χ0v) is 22.9. The topological polar surface area (TPSA) is 150 Å². The molecule has 4 rings (SSSR count). The van der Waals surface area contributed by atoms with E-state index in [1.807, 2.05) is 0 Å². The van der Waals surface area contributed by atoms with Gasteiger partial charge in [0.1, 0.15) is 6.04 Å². The number of carboxylic acids is 1. The molecule has 1 aliphatic heterocycles. The third-order valence-corrected chi connectivity index (χ3v) is 7.86. The van der Waals surface area contributed by atoms with Crippen LogP contribution in [0.1, 0.15) is 37.5 Å². The molecule has 0 bridgehead atoms. The van der Waals surface area contributed by atoms with Gasteiger partial charge in [0.25, 0.3) is 11.8 Å². The van der Waals surface area contributed by atoms with Gasteiger partial charge in [-0.2, -0.15) is 0 Å². The van der Waals surface area contributed by atoms with Crippen molar-refractivity contribution in [1.82, 2.24) is 20.2 Å². The van der Waals surface area contributed by atoms with Crippen molar-refractivity contribution in [2.75, 3.05) is 12.8 Å². The number of fused-ring (bicyclic) bond motifs is 1. The molecule has 0 saturated heterocycles. The molecule has 14 heteroatoms. The van der Waals surface area contributed by atoms with Gasteiger partial charge in [-0.15, -0.1) is 0 Å². The third-order valence-electron chi connectivity index (χ3n) is 5.99. The van der Waals surface area contributed by atoms with E-state index in [2.05, 4.69) is 15.3 Å². The number of hydrogen-bond acceptors (Lipinski definition) is 6. The van der Waals surface area contributed by atoms with Gasteiger partial charge < -0.3 is 20.3 Å². The minimum Gasteiger partial charge on any atom is -0.480 e. The summed E-state index contributed by atoms with van der Waals surface area (Å²) in [6.45, 7) is 0.564. The molecule has 38 heavy (non-hydrogen) atoms. The van der Waals surface area contributed by atoms with Gasteiger partial charge in [-0.05, 0) is 47.9 Å². The van der Waals surface area contributed by atoms with Gasteiger partial charge in [0.05, 0.1) is 21.3 Å². The van der Waals surface area contributed by atoms with Gasteiger partial charge >= 0.3 is 5.97 Å². The molecule has 2 heterocycles. The van der Waals surface area contributed by atoms with E-state index >= 15 is 0 Å². The predicted octanol–water partition coefficient (Wildman–Crippen LogP) is 3.40. The standard InChI is InChI=1S/C24H21Cl3N4O6S/c1-38(36,37)24-28-10-15(29-24)9-18(23(34)35)30-21(32)19-17(26)8-13-11-31(7-6-16(13)20(19)27)22(33)12-2-4-14(25)5-3-12/h2-5,8,10,18H,6-7,9,11H2,1H3,(H,28,29)(H,30,32)(H,34,35)/t18-/m0/s1. The molecule has 2 aromatic carbocycles. The molecule has 10 nitrogen and oxygen atoms in total. The Balaban J connectivity index is 1.53. The molecule has 200 valence electrons. The van der Waals surface area contributed by atoms with Crippen LogP contribution in [-0.4, -0.2) is 65.0 Å². The highest BCUT2D eigenvalue weighted by Crippen LogP contribution is 2.35. The number of aromatic nitrogens is 2. The average molecular weight is 600 g/mol. The highest BCUT2D eigenvalue weighted by Gasteiger charge is 2.30. The number of aliphatic carboxylic acids is 1. The Kier molecular flexibility index (Phi) is 8.03. The Morgan fingerprint density at radius 1 is 1.18 bits per heavy atom. The van der Waals surface area contributed by atoms with Crippen LogP contribution in [0.2, 0.25) is 15.1 Å². The number of carbonyl (C=O) groups excluding carboxylic acids is 2. The van der Waals surface area contributed by atoms with E-state index in [-0.39, 0.29) is 45.3 Å². The molecule has 0 aliphatic carbocycles. The van der Waals surface area contributed by atoms with E-state index in [4.69, 9.17) is 34.8 Å². The van der Waals surface area contributed by atoms with Crippen LogP contribution in [0.3, 0.4) is 0 Å². The van der Waals surface area contributed by atoms with E-state index in [9.17, 15) is 27.9 Å². The minimum absolute atomic E-state index is 0.00434. The second-order valence-corrected chi connectivity index (χ2v) is 11.9. The second-order valence-electron chi connectivity index (χ2n) is 8.71. The van der Waals surface area contributed by atoms with E-state index in [1.165, 1.54) is 6.20 Å². The molecule has 3 aromatic rings. The summed E-state index contributed by atoms with van der Waals surface area (Å²) in [6, 6.07) is 6.64. The minimum atomic E-state index is -3.62. The number of imidazole rings is 1. The summed E-state index contributed by atoms with van der Waals surface area (Å²) in [5, 5.41) is 12.3. The molecule has 3 N–H and O–H groups in total. The summed E-state index contributed by atoms with van der Waals surface area (Å²) in [6.07, 6.45) is 2.29. The summed E-state index contributed by atoms with van der Waals surface area (Å²) >= 11 is 18.9. The average Bonchev–Trinajstić information content (AvgIpc) is 3.32. The highest BCUT2D eigenvalue weighted by molar-refractivity contribution is 7.90. The maximum absolute atomic E-state index is 13.1. The normalized spacial score (nSPS) is 14.1. The maximum Gasteiger partial charge on any atom is 0.326 e. The Morgan fingerprint density at radius 3 is 2.47 bits per heavy atom. The molecule has 0 unspecified atom stereocenters. The number of sulfone groups is 1. The van der Waals surface area contributed by atoms with Crippen LogP contribution in [-0.2, 0) is 34.0 Å². The summed E-state index contributed by atoms with van der Waals surface area (Å²) < 4.78 is 23.3. The second kappa shape index (κ2) is 10.9. The first-order chi connectivity index (χ1) is 17.8. The van der Waals surface area contributed by atoms with Gasteiger partial charge in [0, 0.05) is 42.5 Å². The largest absolute Gasteiger partial charge is 0.480 e. The van der Waals surface area contributed by atoms with E-state index < -0.39 is 27.8 Å². The summed E-state index contributed by atoms with van der Waals surface area (Å²) in [5.74, 6) is -2.36. The lowest BCUT2D eigenvalue weighted by atomic mass is 9.95. The first-order valence-electron chi connectivity index (χ1n) is 11.2. The van der Waals surface area contributed by atoms with Crippen LogP contribution in [0.4, 0.5) is 0 Å². The van der Waals surface area contributed by atoms with Crippen LogP contribution in [0.15, 0.2) is 41.7 Å². The Hall–Kier alpha value is -3.12. The quantitative estimate of drug-likeness (QED) is 0.377. The monoisotopic (exact) mass is 598 g/mol. The lowest BCUT2D eigenvalue weighted by Crippen LogP contribution is -2.43. The third kappa shape index (κ3) is 5.96. The number of aromatic amines is 1. The number of halogens is 3. The number of nitrogens with zero attached hydrogens (tertiary/aromatic N) is 2. The molecule has 0 fully saturated rings. The summed E-state index contributed by atoms with van der Waals surface area (Å²) in [5.41, 5.74) is 1.83. The number of rotatable bonds is 7. The van der Waals surface area contributed by atoms with Crippen LogP contribution < -0.4 is 5.32 Å². The van der Waals surface area contributed by atoms with Crippen molar-refractivity contribution in [2.45, 2.75) is 30.6 Å². The molecule has 1 aliphatic rings. The zero-order valence-electron chi connectivity index (χ0n) is 19.8.